The molecule has 2 rings (SSSR count). The molecule has 1 atom stereocenters. The Balaban J connectivity index is 1.81. The zero-order valence-corrected chi connectivity index (χ0v) is 13.0. The Bertz CT molecular complexity index is 451. The van der Waals surface area contributed by atoms with Crippen molar-refractivity contribution in [2.45, 2.75) is 25.6 Å². The molecule has 1 aliphatic heterocycles. The molecule has 1 aliphatic rings. The van der Waals surface area contributed by atoms with Crippen molar-refractivity contribution < 1.29 is 10.2 Å². The number of rotatable bonds is 5. The summed E-state index contributed by atoms with van der Waals surface area (Å²) in [6, 6.07) is 7.43. The van der Waals surface area contributed by atoms with E-state index in [9.17, 15) is 10.2 Å². The van der Waals surface area contributed by atoms with Gasteiger partial charge in [-0.25, -0.2) is 0 Å². The van der Waals surface area contributed by atoms with Gasteiger partial charge in [-0.1, -0.05) is 12.1 Å². The van der Waals surface area contributed by atoms with E-state index in [4.69, 9.17) is 5.73 Å². The van der Waals surface area contributed by atoms with Crippen LogP contribution in [-0.2, 0) is 0 Å². The molecule has 1 unspecified atom stereocenters. The molecule has 21 heavy (non-hydrogen) atoms. The molecule has 0 amide bonds. The van der Waals surface area contributed by atoms with E-state index in [1.54, 1.807) is 0 Å². The standard InChI is InChI=1S/C16H27N3O2/c1-16(2,21)12-19-8-6-18(7-9-19)11-15(20)13-4-3-5-14(17)10-13/h3-5,10,15,20-21H,6-9,11-12,17H2,1-2H3. The molecular weight excluding hydrogens is 266 g/mol. The number of β-amino-alcohol motifs (C(OH)–C–C–N with tert-alkyl or cyclic N) is 2. The molecule has 0 radical (unpaired) electrons. The lowest BCUT2D eigenvalue weighted by Crippen LogP contribution is -2.51. The molecule has 1 saturated heterocycles. The Hall–Kier alpha value is -1.14. The fraction of sp³-hybridized carbons (Fsp3) is 0.625. The van der Waals surface area contributed by atoms with Crippen LogP contribution in [0.1, 0.15) is 25.5 Å². The second kappa shape index (κ2) is 6.75. The molecule has 118 valence electrons. The molecular formula is C16H27N3O2. The molecule has 5 nitrogen and oxygen atoms in total. The zero-order chi connectivity index (χ0) is 15.5. The van der Waals surface area contributed by atoms with Crippen LogP contribution in [0.15, 0.2) is 24.3 Å². The topological polar surface area (TPSA) is 73.0 Å². The monoisotopic (exact) mass is 293 g/mol. The second-order valence-corrected chi connectivity index (χ2v) is 6.58. The first-order valence-electron chi connectivity index (χ1n) is 7.54. The van der Waals surface area contributed by atoms with Crippen molar-refractivity contribution in [2.75, 3.05) is 45.0 Å². The Kier molecular flexibility index (Phi) is 5.22. The third-order valence-corrected chi connectivity index (χ3v) is 3.80. The summed E-state index contributed by atoms with van der Waals surface area (Å²) in [4.78, 5) is 4.53. The predicted molar refractivity (Wildman–Crippen MR) is 85.0 cm³/mol. The number of aliphatic hydroxyl groups excluding tert-OH is 1. The first-order chi connectivity index (χ1) is 9.83. The second-order valence-electron chi connectivity index (χ2n) is 6.58. The van der Waals surface area contributed by atoms with Gasteiger partial charge in [0.15, 0.2) is 0 Å². The van der Waals surface area contributed by atoms with Crippen molar-refractivity contribution in [1.82, 2.24) is 9.80 Å². The van der Waals surface area contributed by atoms with Gasteiger partial charge in [0.1, 0.15) is 0 Å². The molecule has 1 heterocycles. The summed E-state index contributed by atoms with van der Waals surface area (Å²) in [7, 11) is 0. The lowest BCUT2D eigenvalue weighted by Gasteiger charge is -2.38. The molecule has 0 aromatic heterocycles. The maximum atomic E-state index is 10.3. The van der Waals surface area contributed by atoms with Crippen LogP contribution < -0.4 is 5.73 Å². The van der Waals surface area contributed by atoms with Gasteiger partial charge in [-0.05, 0) is 31.5 Å². The van der Waals surface area contributed by atoms with Gasteiger partial charge in [-0.3, -0.25) is 9.80 Å². The number of nitrogens with two attached hydrogens (primary N) is 1. The Morgan fingerprint density at radius 1 is 1.19 bits per heavy atom. The van der Waals surface area contributed by atoms with Crippen molar-refractivity contribution in [2.24, 2.45) is 0 Å². The number of hydrogen-bond donors (Lipinski definition) is 3. The van der Waals surface area contributed by atoms with Gasteiger partial charge in [0.25, 0.3) is 0 Å². The summed E-state index contributed by atoms with van der Waals surface area (Å²) in [5.74, 6) is 0. The van der Waals surface area contributed by atoms with E-state index in [0.29, 0.717) is 18.8 Å². The fourth-order valence-corrected chi connectivity index (χ4v) is 2.79. The van der Waals surface area contributed by atoms with Gasteiger partial charge in [0.2, 0.25) is 0 Å². The van der Waals surface area contributed by atoms with Crippen LogP contribution in [0.3, 0.4) is 0 Å². The maximum Gasteiger partial charge on any atom is 0.0917 e. The van der Waals surface area contributed by atoms with Gasteiger partial charge in [0, 0.05) is 45.0 Å². The van der Waals surface area contributed by atoms with Crippen molar-refractivity contribution in [3.63, 3.8) is 0 Å². The van der Waals surface area contributed by atoms with E-state index in [1.807, 2.05) is 38.1 Å². The highest BCUT2D eigenvalue weighted by atomic mass is 16.3. The van der Waals surface area contributed by atoms with E-state index < -0.39 is 11.7 Å². The molecule has 0 spiro atoms. The van der Waals surface area contributed by atoms with Gasteiger partial charge in [-0.2, -0.15) is 0 Å². The van der Waals surface area contributed by atoms with Crippen molar-refractivity contribution in [3.05, 3.63) is 29.8 Å². The van der Waals surface area contributed by atoms with E-state index in [0.717, 1.165) is 31.7 Å². The Morgan fingerprint density at radius 3 is 2.38 bits per heavy atom. The average Bonchev–Trinajstić information content (AvgIpc) is 2.39. The highest BCUT2D eigenvalue weighted by Gasteiger charge is 2.23. The Morgan fingerprint density at radius 2 is 1.81 bits per heavy atom. The molecule has 4 N–H and O–H groups in total. The van der Waals surface area contributed by atoms with Crippen LogP contribution in [0, 0.1) is 0 Å². The SMILES string of the molecule is CC(C)(O)CN1CCN(CC(O)c2cccc(N)c2)CC1. The van der Waals surface area contributed by atoms with Gasteiger partial charge in [0.05, 0.1) is 11.7 Å². The number of nitrogens with zero attached hydrogens (tertiary/aromatic N) is 2. The minimum Gasteiger partial charge on any atom is -0.399 e. The lowest BCUT2D eigenvalue weighted by molar-refractivity contribution is 0.00997. The highest BCUT2D eigenvalue weighted by molar-refractivity contribution is 5.41. The fourth-order valence-electron chi connectivity index (χ4n) is 2.79. The van der Waals surface area contributed by atoms with Gasteiger partial charge >= 0.3 is 0 Å². The molecule has 0 aliphatic carbocycles. The van der Waals surface area contributed by atoms with E-state index in [1.165, 1.54) is 0 Å². The number of anilines is 1. The molecule has 1 aromatic rings. The van der Waals surface area contributed by atoms with Crippen LogP contribution >= 0.6 is 0 Å². The van der Waals surface area contributed by atoms with Crippen LogP contribution in [0.5, 0.6) is 0 Å². The van der Waals surface area contributed by atoms with E-state index >= 15 is 0 Å². The van der Waals surface area contributed by atoms with Crippen molar-refractivity contribution >= 4 is 5.69 Å². The largest absolute Gasteiger partial charge is 0.399 e. The molecule has 0 saturated carbocycles. The summed E-state index contributed by atoms with van der Waals surface area (Å²) in [6.45, 7) is 8.66. The van der Waals surface area contributed by atoms with Crippen LogP contribution in [0.2, 0.25) is 0 Å². The molecule has 1 fully saturated rings. The van der Waals surface area contributed by atoms with Crippen LogP contribution in [0.4, 0.5) is 5.69 Å². The maximum absolute atomic E-state index is 10.3. The third-order valence-electron chi connectivity index (χ3n) is 3.80. The first-order valence-corrected chi connectivity index (χ1v) is 7.54. The lowest BCUT2D eigenvalue weighted by atomic mass is 10.1. The normalized spacial score (nSPS) is 19.6. The molecule has 1 aromatic carbocycles. The Labute approximate surface area is 127 Å². The highest BCUT2D eigenvalue weighted by Crippen LogP contribution is 2.18. The number of benzene rings is 1. The summed E-state index contributed by atoms with van der Waals surface area (Å²) in [5.41, 5.74) is 6.65. The van der Waals surface area contributed by atoms with Crippen LogP contribution in [-0.4, -0.2) is 64.9 Å². The minimum absolute atomic E-state index is 0.505. The quantitative estimate of drug-likeness (QED) is 0.697. The van der Waals surface area contributed by atoms with Gasteiger partial charge < -0.3 is 15.9 Å². The summed E-state index contributed by atoms with van der Waals surface area (Å²) in [6.07, 6.45) is -0.505. The summed E-state index contributed by atoms with van der Waals surface area (Å²) in [5, 5.41) is 20.1. The number of aliphatic hydroxyl groups is 2. The average molecular weight is 293 g/mol. The molecule has 5 heteroatoms. The number of piperazine rings is 1. The van der Waals surface area contributed by atoms with E-state index in [-0.39, 0.29) is 0 Å². The minimum atomic E-state index is -0.650. The summed E-state index contributed by atoms with van der Waals surface area (Å²) < 4.78 is 0. The van der Waals surface area contributed by atoms with E-state index in [2.05, 4.69) is 9.80 Å². The summed E-state index contributed by atoms with van der Waals surface area (Å²) >= 11 is 0. The van der Waals surface area contributed by atoms with Crippen molar-refractivity contribution in [3.8, 4) is 0 Å². The molecule has 0 bridgehead atoms. The zero-order valence-electron chi connectivity index (χ0n) is 13.0. The smallest absolute Gasteiger partial charge is 0.0917 e. The van der Waals surface area contributed by atoms with Crippen LogP contribution in [0.25, 0.3) is 0 Å². The van der Waals surface area contributed by atoms with Gasteiger partial charge in [-0.15, -0.1) is 0 Å². The number of hydrogen-bond acceptors (Lipinski definition) is 5. The number of nitrogen functional groups attached to an aromatic ring is 1. The third kappa shape index (κ3) is 5.28. The first kappa shape index (κ1) is 16.2. The predicted octanol–water partition coefficient (Wildman–Crippen LogP) is 0.691. The van der Waals surface area contributed by atoms with Crippen molar-refractivity contribution in [1.29, 1.82) is 0 Å².